The molecule has 5 rings (SSSR count). The lowest BCUT2D eigenvalue weighted by Crippen LogP contribution is -2.28. The summed E-state index contributed by atoms with van der Waals surface area (Å²) in [6, 6.07) is 19.3. The number of fused-ring (bicyclic) bond motifs is 2. The van der Waals surface area contributed by atoms with Crippen molar-refractivity contribution in [3.63, 3.8) is 0 Å². The molecule has 31 heavy (non-hydrogen) atoms. The minimum Gasteiger partial charge on any atom is -0.351 e. The largest absolute Gasteiger partial charge is 0.351 e. The van der Waals surface area contributed by atoms with Crippen LogP contribution >= 0.6 is 0 Å². The molecule has 0 unspecified atom stereocenters. The van der Waals surface area contributed by atoms with E-state index in [9.17, 15) is 9.59 Å². The molecule has 0 aliphatic rings. The molecule has 0 bridgehead atoms. The molecule has 2 N–H and O–H groups in total. The Bertz CT molecular complexity index is 1400. The maximum Gasteiger partial charge on any atom is 0.267 e. The third kappa shape index (κ3) is 3.71. The smallest absolute Gasteiger partial charge is 0.267 e. The number of carbonyl (C=O) groups excluding carboxylic acids is 1. The number of amides is 1. The number of hydrogen-bond donors (Lipinski definition) is 2. The Morgan fingerprint density at radius 3 is 2.71 bits per heavy atom. The first-order chi connectivity index (χ1) is 15.2. The average molecular weight is 412 g/mol. The SMILES string of the molecule is O=C(NCCn1ncc2c(=O)n(Cc3ccccc3)cnc21)c1cc2ccccc2[nH]1. The van der Waals surface area contributed by atoms with Crippen LogP contribution in [0.15, 0.2) is 78.0 Å². The van der Waals surface area contributed by atoms with E-state index in [0.717, 1.165) is 16.5 Å². The maximum absolute atomic E-state index is 12.8. The van der Waals surface area contributed by atoms with Gasteiger partial charge in [0, 0.05) is 17.4 Å². The number of rotatable bonds is 6. The molecular weight excluding hydrogens is 392 g/mol. The van der Waals surface area contributed by atoms with Crippen LogP contribution in [0.5, 0.6) is 0 Å². The van der Waals surface area contributed by atoms with Gasteiger partial charge in [0.2, 0.25) is 0 Å². The molecule has 8 heteroatoms. The van der Waals surface area contributed by atoms with E-state index in [4.69, 9.17) is 0 Å². The van der Waals surface area contributed by atoms with Gasteiger partial charge in [-0.1, -0.05) is 48.5 Å². The summed E-state index contributed by atoms with van der Waals surface area (Å²) in [5.41, 5.74) is 2.82. The molecular formula is C23H20N6O2. The zero-order valence-electron chi connectivity index (χ0n) is 16.7. The van der Waals surface area contributed by atoms with Crippen molar-refractivity contribution in [1.82, 2.24) is 29.6 Å². The number of aromatic amines is 1. The number of carbonyl (C=O) groups is 1. The highest BCUT2D eigenvalue weighted by Gasteiger charge is 2.12. The van der Waals surface area contributed by atoms with Crippen LogP contribution in [0.1, 0.15) is 16.1 Å². The first-order valence-corrected chi connectivity index (χ1v) is 10.00. The summed E-state index contributed by atoms with van der Waals surface area (Å²) in [6.45, 7) is 1.22. The van der Waals surface area contributed by atoms with Crippen LogP contribution in [0, 0.1) is 0 Å². The van der Waals surface area contributed by atoms with Crippen molar-refractivity contribution in [3.05, 3.63) is 94.8 Å². The average Bonchev–Trinajstić information content (AvgIpc) is 3.41. The number of hydrogen-bond acceptors (Lipinski definition) is 4. The standard InChI is InChI=1S/C23H20N6O2/c30-22(20-12-17-8-4-5-9-19(17)27-20)24-10-11-29-21-18(13-26-29)23(31)28(15-25-21)14-16-6-2-1-3-7-16/h1-9,12-13,15,27H,10-11,14H2,(H,24,30). The second-order valence-electron chi connectivity index (χ2n) is 7.29. The van der Waals surface area contributed by atoms with E-state index in [2.05, 4.69) is 20.4 Å². The lowest BCUT2D eigenvalue weighted by Gasteiger charge is -2.07. The second-order valence-corrected chi connectivity index (χ2v) is 7.29. The third-order valence-electron chi connectivity index (χ3n) is 5.20. The van der Waals surface area contributed by atoms with E-state index in [0.29, 0.717) is 36.4 Å². The molecule has 2 aromatic carbocycles. The fraction of sp³-hybridized carbons (Fsp3) is 0.130. The summed E-state index contributed by atoms with van der Waals surface area (Å²) in [6.07, 6.45) is 3.07. The van der Waals surface area contributed by atoms with Crippen LogP contribution < -0.4 is 10.9 Å². The van der Waals surface area contributed by atoms with Crippen molar-refractivity contribution in [2.24, 2.45) is 0 Å². The van der Waals surface area contributed by atoms with Gasteiger partial charge in [0.15, 0.2) is 5.65 Å². The van der Waals surface area contributed by atoms with E-state index in [1.165, 1.54) is 6.20 Å². The van der Waals surface area contributed by atoms with Gasteiger partial charge >= 0.3 is 0 Å². The van der Waals surface area contributed by atoms with Gasteiger partial charge in [0.1, 0.15) is 17.4 Å². The summed E-state index contributed by atoms with van der Waals surface area (Å²) >= 11 is 0. The van der Waals surface area contributed by atoms with Gasteiger partial charge in [-0.25, -0.2) is 9.67 Å². The van der Waals surface area contributed by atoms with E-state index < -0.39 is 0 Å². The van der Waals surface area contributed by atoms with Crippen molar-refractivity contribution in [2.75, 3.05) is 6.54 Å². The maximum atomic E-state index is 12.8. The van der Waals surface area contributed by atoms with Crippen LogP contribution in [-0.2, 0) is 13.1 Å². The number of nitrogens with one attached hydrogen (secondary N) is 2. The number of nitrogens with zero attached hydrogens (tertiary/aromatic N) is 4. The Balaban J connectivity index is 1.28. The van der Waals surface area contributed by atoms with E-state index in [1.54, 1.807) is 15.6 Å². The molecule has 0 aliphatic heterocycles. The summed E-state index contributed by atoms with van der Waals surface area (Å²) < 4.78 is 3.20. The molecule has 0 fully saturated rings. The van der Waals surface area contributed by atoms with Gasteiger partial charge in [0.05, 0.1) is 19.3 Å². The Kier molecular flexibility index (Phi) is 4.80. The third-order valence-corrected chi connectivity index (χ3v) is 5.20. The van der Waals surface area contributed by atoms with Crippen molar-refractivity contribution in [1.29, 1.82) is 0 Å². The van der Waals surface area contributed by atoms with E-state index in [1.807, 2.05) is 60.7 Å². The van der Waals surface area contributed by atoms with Gasteiger partial charge in [-0.05, 0) is 17.7 Å². The molecule has 0 saturated heterocycles. The van der Waals surface area contributed by atoms with Crippen LogP contribution in [0.2, 0.25) is 0 Å². The minimum atomic E-state index is -0.189. The summed E-state index contributed by atoms with van der Waals surface area (Å²) in [5, 5.41) is 8.62. The quantitative estimate of drug-likeness (QED) is 0.448. The second kappa shape index (κ2) is 7.91. The minimum absolute atomic E-state index is 0.137. The topological polar surface area (TPSA) is 97.6 Å². The number of aromatic nitrogens is 5. The number of para-hydroxylation sites is 1. The molecule has 0 aliphatic carbocycles. The van der Waals surface area contributed by atoms with Crippen molar-refractivity contribution in [2.45, 2.75) is 13.1 Å². The zero-order chi connectivity index (χ0) is 21.2. The van der Waals surface area contributed by atoms with E-state index in [-0.39, 0.29) is 11.5 Å². The molecule has 0 radical (unpaired) electrons. The van der Waals surface area contributed by atoms with Crippen molar-refractivity contribution < 1.29 is 4.79 Å². The molecule has 0 atom stereocenters. The van der Waals surface area contributed by atoms with Gasteiger partial charge in [-0.3, -0.25) is 14.2 Å². The molecule has 0 saturated carbocycles. The number of H-pyrrole nitrogens is 1. The molecule has 8 nitrogen and oxygen atoms in total. The molecule has 5 aromatic rings. The zero-order valence-corrected chi connectivity index (χ0v) is 16.7. The fourth-order valence-electron chi connectivity index (χ4n) is 3.62. The Hall–Kier alpha value is -4.20. The van der Waals surface area contributed by atoms with Crippen LogP contribution in [0.4, 0.5) is 0 Å². The molecule has 3 heterocycles. The van der Waals surface area contributed by atoms with Crippen LogP contribution in [-0.4, -0.2) is 36.8 Å². The van der Waals surface area contributed by atoms with Crippen LogP contribution in [0.25, 0.3) is 21.9 Å². The highest BCUT2D eigenvalue weighted by molar-refractivity contribution is 5.97. The lowest BCUT2D eigenvalue weighted by atomic mass is 10.2. The highest BCUT2D eigenvalue weighted by Crippen LogP contribution is 2.14. The van der Waals surface area contributed by atoms with Gasteiger partial charge in [-0.15, -0.1) is 0 Å². The van der Waals surface area contributed by atoms with Crippen molar-refractivity contribution >= 4 is 27.8 Å². The first-order valence-electron chi connectivity index (χ1n) is 10.00. The number of benzene rings is 2. The van der Waals surface area contributed by atoms with Crippen LogP contribution in [0.3, 0.4) is 0 Å². The fourth-order valence-corrected chi connectivity index (χ4v) is 3.62. The van der Waals surface area contributed by atoms with Gasteiger partial charge in [0.25, 0.3) is 11.5 Å². The molecule has 1 amide bonds. The Labute approximate surface area is 177 Å². The molecule has 0 spiro atoms. The predicted octanol–water partition coefficient (Wildman–Crippen LogP) is 2.55. The molecule has 154 valence electrons. The van der Waals surface area contributed by atoms with Crippen molar-refractivity contribution in [3.8, 4) is 0 Å². The lowest BCUT2D eigenvalue weighted by molar-refractivity contribution is 0.0948. The normalized spacial score (nSPS) is 11.2. The monoisotopic (exact) mass is 412 g/mol. The summed E-state index contributed by atoms with van der Waals surface area (Å²) in [7, 11) is 0. The van der Waals surface area contributed by atoms with Gasteiger partial charge < -0.3 is 10.3 Å². The van der Waals surface area contributed by atoms with Gasteiger partial charge in [-0.2, -0.15) is 5.10 Å². The Morgan fingerprint density at radius 2 is 1.87 bits per heavy atom. The predicted molar refractivity (Wildman–Crippen MR) is 118 cm³/mol. The van der Waals surface area contributed by atoms with E-state index >= 15 is 0 Å². The highest BCUT2D eigenvalue weighted by atomic mass is 16.2. The Morgan fingerprint density at radius 1 is 1.06 bits per heavy atom. The first kappa shape index (κ1) is 18.8. The summed E-state index contributed by atoms with van der Waals surface area (Å²) in [4.78, 5) is 32.8. The summed E-state index contributed by atoms with van der Waals surface area (Å²) in [5.74, 6) is -0.189. The molecule has 3 aromatic heterocycles.